The summed E-state index contributed by atoms with van der Waals surface area (Å²) in [4.78, 5) is 15.4. The third-order valence-electron chi connectivity index (χ3n) is 4.04. The van der Waals surface area contributed by atoms with Gasteiger partial charge in [-0.3, -0.25) is 4.79 Å². The molecule has 92 valence electrons. The zero-order chi connectivity index (χ0) is 11.7. The Balaban J connectivity index is 1.75. The first kappa shape index (κ1) is 11.9. The second-order valence-corrected chi connectivity index (χ2v) is 5.37. The fourth-order valence-corrected chi connectivity index (χ4v) is 2.99. The number of hydrogen-bond donors (Lipinski definition) is 1. The number of nitrogens with zero attached hydrogens (tertiary/aromatic N) is 2. The normalized spacial score (nSPS) is 34.1. The van der Waals surface area contributed by atoms with E-state index in [1.165, 1.54) is 0 Å². The molecule has 0 aromatic heterocycles. The van der Waals surface area contributed by atoms with Crippen LogP contribution in [-0.2, 0) is 4.79 Å². The van der Waals surface area contributed by atoms with E-state index >= 15 is 0 Å². The standard InChI is InChI=1S/C12H22N2O2/c1-13(2)12(16)5-6-14-7-9-3-4-11(15)10(9)8-14/h9-11,15H,3-8H2,1-2H3. The van der Waals surface area contributed by atoms with Crippen LogP contribution in [0.4, 0.5) is 0 Å². The van der Waals surface area contributed by atoms with Crippen LogP contribution in [0, 0.1) is 11.8 Å². The Kier molecular flexibility index (Phi) is 3.50. The minimum atomic E-state index is -0.0976. The van der Waals surface area contributed by atoms with Crippen molar-refractivity contribution in [2.75, 3.05) is 33.7 Å². The van der Waals surface area contributed by atoms with Crippen LogP contribution >= 0.6 is 0 Å². The molecule has 4 nitrogen and oxygen atoms in total. The summed E-state index contributed by atoms with van der Waals surface area (Å²) in [6.07, 6.45) is 2.63. The number of aliphatic hydroxyl groups excluding tert-OH is 1. The van der Waals surface area contributed by atoms with Gasteiger partial charge < -0.3 is 14.9 Å². The lowest BCUT2D eigenvalue weighted by atomic mass is 10.00. The van der Waals surface area contributed by atoms with Crippen molar-refractivity contribution in [2.45, 2.75) is 25.4 Å². The Morgan fingerprint density at radius 1 is 1.38 bits per heavy atom. The molecule has 2 rings (SSSR count). The summed E-state index contributed by atoms with van der Waals surface area (Å²) in [5, 5.41) is 9.78. The number of hydrogen-bond acceptors (Lipinski definition) is 3. The topological polar surface area (TPSA) is 43.8 Å². The van der Waals surface area contributed by atoms with Crippen molar-refractivity contribution in [3.8, 4) is 0 Å². The quantitative estimate of drug-likeness (QED) is 0.746. The monoisotopic (exact) mass is 226 g/mol. The van der Waals surface area contributed by atoms with E-state index in [-0.39, 0.29) is 12.0 Å². The number of carbonyl (C=O) groups excluding carboxylic acids is 1. The Hall–Kier alpha value is -0.610. The van der Waals surface area contributed by atoms with Gasteiger partial charge in [0.05, 0.1) is 6.10 Å². The molecule has 16 heavy (non-hydrogen) atoms. The fourth-order valence-electron chi connectivity index (χ4n) is 2.99. The first-order valence-electron chi connectivity index (χ1n) is 6.18. The Morgan fingerprint density at radius 2 is 2.12 bits per heavy atom. The average molecular weight is 226 g/mol. The summed E-state index contributed by atoms with van der Waals surface area (Å²) in [7, 11) is 3.59. The molecule has 2 fully saturated rings. The van der Waals surface area contributed by atoms with Crippen LogP contribution in [0.25, 0.3) is 0 Å². The molecule has 0 radical (unpaired) electrons. The molecule has 4 heteroatoms. The number of aliphatic hydroxyl groups is 1. The van der Waals surface area contributed by atoms with Gasteiger partial charge in [-0.1, -0.05) is 0 Å². The highest BCUT2D eigenvalue weighted by atomic mass is 16.3. The Morgan fingerprint density at radius 3 is 2.75 bits per heavy atom. The largest absolute Gasteiger partial charge is 0.393 e. The molecule has 1 N–H and O–H groups in total. The lowest BCUT2D eigenvalue weighted by molar-refractivity contribution is -0.129. The van der Waals surface area contributed by atoms with Crippen LogP contribution in [0.2, 0.25) is 0 Å². The van der Waals surface area contributed by atoms with Crippen LogP contribution in [0.5, 0.6) is 0 Å². The molecule has 2 aliphatic rings. The van der Waals surface area contributed by atoms with Crippen LogP contribution < -0.4 is 0 Å². The lowest BCUT2D eigenvalue weighted by Crippen LogP contribution is -2.30. The number of carbonyl (C=O) groups is 1. The van der Waals surface area contributed by atoms with Crippen molar-refractivity contribution in [1.29, 1.82) is 0 Å². The summed E-state index contributed by atoms with van der Waals surface area (Å²) in [5.41, 5.74) is 0. The zero-order valence-electron chi connectivity index (χ0n) is 10.2. The summed E-state index contributed by atoms with van der Waals surface area (Å²) in [5.74, 6) is 1.33. The number of rotatable bonds is 3. The van der Waals surface area contributed by atoms with Gasteiger partial charge in [0.1, 0.15) is 0 Å². The summed E-state index contributed by atoms with van der Waals surface area (Å²) in [6.45, 7) is 2.89. The molecular weight excluding hydrogens is 204 g/mol. The maximum absolute atomic E-state index is 11.5. The fraction of sp³-hybridized carbons (Fsp3) is 0.917. The van der Waals surface area contributed by atoms with Gasteiger partial charge in [0.25, 0.3) is 0 Å². The van der Waals surface area contributed by atoms with Gasteiger partial charge in [0.2, 0.25) is 5.91 Å². The van der Waals surface area contributed by atoms with Crippen molar-refractivity contribution in [1.82, 2.24) is 9.80 Å². The molecule has 1 saturated carbocycles. The van der Waals surface area contributed by atoms with Gasteiger partial charge in [0.15, 0.2) is 0 Å². The van der Waals surface area contributed by atoms with Crippen molar-refractivity contribution in [2.24, 2.45) is 11.8 Å². The van der Waals surface area contributed by atoms with Gasteiger partial charge in [0, 0.05) is 46.1 Å². The number of likely N-dealkylation sites (tertiary alicyclic amines) is 1. The van der Waals surface area contributed by atoms with E-state index in [0.717, 1.165) is 32.5 Å². The SMILES string of the molecule is CN(C)C(=O)CCN1CC2CCC(O)C2C1. The van der Waals surface area contributed by atoms with Gasteiger partial charge in [-0.15, -0.1) is 0 Å². The third kappa shape index (κ3) is 2.38. The summed E-state index contributed by atoms with van der Waals surface area (Å²) >= 11 is 0. The van der Waals surface area contributed by atoms with Crippen molar-refractivity contribution < 1.29 is 9.90 Å². The molecule has 0 spiro atoms. The van der Waals surface area contributed by atoms with Gasteiger partial charge in [-0.2, -0.15) is 0 Å². The van der Waals surface area contributed by atoms with Crippen molar-refractivity contribution in [3.05, 3.63) is 0 Å². The van der Waals surface area contributed by atoms with E-state index in [9.17, 15) is 9.90 Å². The van der Waals surface area contributed by atoms with Crippen molar-refractivity contribution in [3.63, 3.8) is 0 Å². The van der Waals surface area contributed by atoms with E-state index in [1.807, 2.05) is 0 Å². The van der Waals surface area contributed by atoms with Gasteiger partial charge >= 0.3 is 0 Å². The predicted octanol–water partition coefficient (Wildman–Crippen LogP) is 0.167. The first-order valence-corrected chi connectivity index (χ1v) is 6.18. The molecule has 3 atom stereocenters. The van der Waals surface area contributed by atoms with Crippen molar-refractivity contribution >= 4 is 5.91 Å². The molecule has 1 heterocycles. The smallest absolute Gasteiger partial charge is 0.223 e. The Labute approximate surface area is 97.2 Å². The first-order chi connectivity index (χ1) is 7.58. The number of fused-ring (bicyclic) bond motifs is 1. The number of amides is 1. The highest BCUT2D eigenvalue weighted by Gasteiger charge is 2.41. The molecule has 1 amide bonds. The van der Waals surface area contributed by atoms with Crippen LogP contribution in [0.3, 0.4) is 0 Å². The average Bonchev–Trinajstić information content (AvgIpc) is 2.77. The molecule has 1 aliphatic heterocycles. The summed E-state index contributed by atoms with van der Waals surface area (Å²) in [6, 6.07) is 0. The predicted molar refractivity (Wildman–Crippen MR) is 62.0 cm³/mol. The van der Waals surface area contributed by atoms with Crippen LogP contribution in [0.15, 0.2) is 0 Å². The maximum atomic E-state index is 11.5. The van der Waals surface area contributed by atoms with E-state index in [1.54, 1.807) is 19.0 Å². The lowest BCUT2D eigenvalue weighted by Gasteiger charge is -2.18. The van der Waals surface area contributed by atoms with Gasteiger partial charge in [-0.05, 0) is 18.8 Å². The van der Waals surface area contributed by atoms with E-state index in [2.05, 4.69) is 4.90 Å². The molecule has 1 saturated heterocycles. The van der Waals surface area contributed by atoms with Crippen LogP contribution in [0.1, 0.15) is 19.3 Å². The molecule has 0 aromatic carbocycles. The van der Waals surface area contributed by atoms with E-state index in [0.29, 0.717) is 18.3 Å². The third-order valence-corrected chi connectivity index (χ3v) is 4.04. The minimum absolute atomic E-state index is 0.0976. The zero-order valence-corrected chi connectivity index (χ0v) is 10.2. The maximum Gasteiger partial charge on any atom is 0.223 e. The van der Waals surface area contributed by atoms with Crippen LogP contribution in [-0.4, -0.2) is 60.6 Å². The highest BCUT2D eigenvalue weighted by Crippen LogP contribution is 2.37. The minimum Gasteiger partial charge on any atom is -0.393 e. The second-order valence-electron chi connectivity index (χ2n) is 5.37. The molecule has 1 aliphatic carbocycles. The second kappa shape index (κ2) is 4.72. The molecule has 3 unspecified atom stereocenters. The summed E-state index contributed by atoms with van der Waals surface area (Å²) < 4.78 is 0. The van der Waals surface area contributed by atoms with Gasteiger partial charge in [-0.25, -0.2) is 0 Å². The Bertz CT molecular complexity index is 268. The molecule has 0 bridgehead atoms. The molecule has 0 aromatic rings. The molecular formula is C12H22N2O2. The van der Waals surface area contributed by atoms with E-state index in [4.69, 9.17) is 0 Å². The van der Waals surface area contributed by atoms with E-state index < -0.39 is 0 Å². The highest BCUT2D eigenvalue weighted by molar-refractivity contribution is 5.75.